The summed E-state index contributed by atoms with van der Waals surface area (Å²) in [5.74, 6) is -0.500. The molecule has 0 unspecified atom stereocenters. The summed E-state index contributed by atoms with van der Waals surface area (Å²) in [5, 5.41) is 3.43. The molecule has 1 aromatic carbocycles. The Morgan fingerprint density at radius 1 is 1.24 bits per heavy atom. The molecule has 0 spiro atoms. The summed E-state index contributed by atoms with van der Waals surface area (Å²) in [6, 6.07) is 14.2. The molecule has 1 heterocycles. The van der Waals surface area contributed by atoms with Gasteiger partial charge in [0.15, 0.2) is 0 Å². The summed E-state index contributed by atoms with van der Waals surface area (Å²) < 4.78 is 0. The average Bonchev–Trinajstić information content (AvgIpc) is 2.47. The van der Waals surface area contributed by atoms with Crippen LogP contribution in [0.2, 0.25) is 0 Å². The molecule has 4 heteroatoms. The van der Waals surface area contributed by atoms with E-state index in [9.17, 15) is 4.79 Å². The monoisotopic (exact) mass is 281 g/mol. The number of amides is 1. The molecule has 0 saturated heterocycles. The number of carbonyl (C=O) groups excluding carboxylic acids is 1. The van der Waals surface area contributed by atoms with E-state index >= 15 is 0 Å². The molecule has 3 rings (SSSR count). The molecule has 21 heavy (non-hydrogen) atoms. The van der Waals surface area contributed by atoms with Crippen molar-refractivity contribution in [3.8, 4) is 0 Å². The molecule has 1 aromatic heterocycles. The minimum absolute atomic E-state index is 0.206. The number of nitrogens with one attached hydrogen (secondary N) is 1. The Balaban J connectivity index is 1.74. The molecule has 4 nitrogen and oxygen atoms in total. The van der Waals surface area contributed by atoms with Crippen molar-refractivity contribution < 1.29 is 4.79 Å². The number of hydrogen-bond donors (Lipinski definition) is 2. The predicted octanol–water partition coefficient (Wildman–Crippen LogP) is 2.71. The maximum Gasteiger partial charge on any atom is 0.267 e. The summed E-state index contributed by atoms with van der Waals surface area (Å²) in [6.45, 7) is 0.860. The van der Waals surface area contributed by atoms with E-state index < -0.39 is 5.91 Å². The fourth-order valence-electron chi connectivity index (χ4n) is 2.91. The Kier molecular flexibility index (Phi) is 3.60. The van der Waals surface area contributed by atoms with Gasteiger partial charge in [0, 0.05) is 23.8 Å². The van der Waals surface area contributed by atoms with Crippen LogP contribution < -0.4 is 11.1 Å². The zero-order valence-electron chi connectivity index (χ0n) is 11.9. The lowest BCUT2D eigenvalue weighted by Crippen LogP contribution is -2.40. The van der Waals surface area contributed by atoms with Crippen LogP contribution in [-0.4, -0.2) is 17.4 Å². The molecule has 1 fully saturated rings. The highest BCUT2D eigenvalue weighted by atomic mass is 16.1. The molecule has 1 saturated carbocycles. The van der Waals surface area contributed by atoms with Gasteiger partial charge in [-0.1, -0.05) is 36.8 Å². The SMILES string of the molecule is NC(=O)c1cc(NCC2(c3ccccc3)CCC2)ccn1. The maximum atomic E-state index is 11.2. The lowest BCUT2D eigenvalue weighted by Gasteiger charge is -2.43. The van der Waals surface area contributed by atoms with Crippen LogP contribution >= 0.6 is 0 Å². The number of rotatable bonds is 5. The molecular weight excluding hydrogens is 262 g/mol. The van der Waals surface area contributed by atoms with Crippen molar-refractivity contribution in [2.45, 2.75) is 24.7 Å². The smallest absolute Gasteiger partial charge is 0.267 e. The zero-order valence-corrected chi connectivity index (χ0v) is 11.9. The lowest BCUT2D eigenvalue weighted by molar-refractivity contribution is 0.0995. The van der Waals surface area contributed by atoms with Crippen molar-refractivity contribution in [2.75, 3.05) is 11.9 Å². The minimum atomic E-state index is -0.500. The van der Waals surface area contributed by atoms with Crippen LogP contribution in [0, 0.1) is 0 Å². The van der Waals surface area contributed by atoms with Crippen LogP contribution in [0.1, 0.15) is 35.3 Å². The Hall–Kier alpha value is -2.36. The van der Waals surface area contributed by atoms with Crippen LogP contribution in [0.3, 0.4) is 0 Å². The standard InChI is InChI=1S/C17H19N3O/c18-16(21)15-11-14(7-10-19-15)20-12-17(8-4-9-17)13-5-2-1-3-6-13/h1-3,5-7,10-11H,4,8-9,12H2,(H2,18,21)(H,19,20). The van der Waals surface area contributed by atoms with Crippen molar-refractivity contribution in [2.24, 2.45) is 5.73 Å². The summed E-state index contributed by atoms with van der Waals surface area (Å²) in [4.78, 5) is 15.1. The van der Waals surface area contributed by atoms with E-state index in [4.69, 9.17) is 5.73 Å². The number of nitrogens with zero attached hydrogens (tertiary/aromatic N) is 1. The fraction of sp³-hybridized carbons (Fsp3) is 0.294. The molecular formula is C17H19N3O. The highest BCUT2D eigenvalue weighted by Crippen LogP contribution is 2.43. The largest absolute Gasteiger partial charge is 0.384 e. The number of carbonyl (C=O) groups is 1. The molecule has 3 N–H and O–H groups in total. The third kappa shape index (κ3) is 2.75. The number of hydrogen-bond acceptors (Lipinski definition) is 3. The van der Waals surface area contributed by atoms with Gasteiger partial charge in [0.05, 0.1) is 0 Å². The molecule has 1 aliphatic rings. The van der Waals surface area contributed by atoms with Gasteiger partial charge in [0.25, 0.3) is 5.91 Å². The molecule has 0 atom stereocenters. The van der Waals surface area contributed by atoms with Crippen LogP contribution in [0.4, 0.5) is 5.69 Å². The van der Waals surface area contributed by atoms with Gasteiger partial charge in [-0.3, -0.25) is 9.78 Å². The van der Waals surface area contributed by atoms with Crippen LogP contribution in [-0.2, 0) is 5.41 Å². The van der Waals surface area contributed by atoms with Crippen LogP contribution in [0.25, 0.3) is 0 Å². The summed E-state index contributed by atoms with van der Waals surface area (Å²) in [7, 11) is 0. The van der Waals surface area contributed by atoms with E-state index in [1.165, 1.54) is 24.8 Å². The van der Waals surface area contributed by atoms with Crippen molar-refractivity contribution >= 4 is 11.6 Å². The van der Waals surface area contributed by atoms with Crippen molar-refractivity contribution in [1.82, 2.24) is 4.98 Å². The highest BCUT2D eigenvalue weighted by Gasteiger charge is 2.38. The van der Waals surface area contributed by atoms with Crippen LogP contribution in [0.5, 0.6) is 0 Å². The summed E-state index contributed by atoms with van der Waals surface area (Å²) in [5.41, 5.74) is 8.04. The highest BCUT2D eigenvalue weighted by molar-refractivity contribution is 5.91. The third-order valence-corrected chi connectivity index (χ3v) is 4.34. The number of primary amides is 1. The Morgan fingerprint density at radius 2 is 2.00 bits per heavy atom. The fourth-order valence-corrected chi connectivity index (χ4v) is 2.91. The quantitative estimate of drug-likeness (QED) is 0.885. The van der Waals surface area contributed by atoms with Gasteiger partial charge in [-0.05, 0) is 30.5 Å². The average molecular weight is 281 g/mol. The first-order chi connectivity index (χ1) is 10.2. The van der Waals surface area contributed by atoms with E-state index in [-0.39, 0.29) is 5.41 Å². The van der Waals surface area contributed by atoms with Crippen molar-refractivity contribution in [3.63, 3.8) is 0 Å². The first kappa shape index (κ1) is 13.6. The second kappa shape index (κ2) is 5.56. The zero-order chi connectivity index (χ0) is 14.7. The van der Waals surface area contributed by atoms with Gasteiger partial charge in [-0.15, -0.1) is 0 Å². The molecule has 1 aliphatic carbocycles. The van der Waals surface area contributed by atoms with Gasteiger partial charge in [0.2, 0.25) is 0 Å². The molecule has 108 valence electrons. The number of nitrogens with two attached hydrogens (primary N) is 1. The van der Waals surface area contributed by atoms with Gasteiger partial charge in [-0.25, -0.2) is 0 Å². The number of anilines is 1. The normalized spacial score (nSPS) is 16.0. The Bertz CT molecular complexity index is 635. The van der Waals surface area contributed by atoms with Crippen LogP contribution in [0.15, 0.2) is 48.7 Å². The van der Waals surface area contributed by atoms with Gasteiger partial charge in [0.1, 0.15) is 5.69 Å². The van der Waals surface area contributed by atoms with Gasteiger partial charge >= 0.3 is 0 Å². The number of benzene rings is 1. The first-order valence-electron chi connectivity index (χ1n) is 7.25. The predicted molar refractivity (Wildman–Crippen MR) is 83.2 cm³/mol. The topological polar surface area (TPSA) is 68.0 Å². The molecule has 0 bridgehead atoms. The van der Waals surface area contributed by atoms with E-state index in [1.54, 1.807) is 12.3 Å². The maximum absolute atomic E-state index is 11.2. The van der Waals surface area contributed by atoms with Crippen molar-refractivity contribution in [1.29, 1.82) is 0 Å². The number of aromatic nitrogens is 1. The van der Waals surface area contributed by atoms with E-state index in [0.717, 1.165) is 12.2 Å². The first-order valence-corrected chi connectivity index (χ1v) is 7.25. The second-order valence-corrected chi connectivity index (χ2v) is 5.65. The molecule has 1 amide bonds. The number of pyridine rings is 1. The Morgan fingerprint density at radius 3 is 2.62 bits per heavy atom. The minimum Gasteiger partial charge on any atom is -0.384 e. The summed E-state index contributed by atoms with van der Waals surface area (Å²) in [6.07, 6.45) is 5.26. The molecule has 0 radical (unpaired) electrons. The van der Waals surface area contributed by atoms with Crippen molar-refractivity contribution in [3.05, 3.63) is 59.9 Å². The van der Waals surface area contributed by atoms with Gasteiger partial charge < -0.3 is 11.1 Å². The second-order valence-electron chi connectivity index (χ2n) is 5.65. The molecule has 2 aromatic rings. The third-order valence-electron chi connectivity index (χ3n) is 4.34. The van der Waals surface area contributed by atoms with E-state index in [2.05, 4.69) is 34.6 Å². The van der Waals surface area contributed by atoms with E-state index in [0.29, 0.717) is 5.69 Å². The van der Waals surface area contributed by atoms with E-state index in [1.807, 2.05) is 12.1 Å². The molecule has 0 aliphatic heterocycles. The Labute approximate surface area is 124 Å². The van der Waals surface area contributed by atoms with Gasteiger partial charge in [-0.2, -0.15) is 0 Å². The summed E-state index contributed by atoms with van der Waals surface area (Å²) >= 11 is 0. The lowest BCUT2D eigenvalue weighted by atomic mass is 9.64.